The normalized spacial score (nSPS) is 9.96. The molecule has 0 unspecified atom stereocenters. The van der Waals surface area contributed by atoms with E-state index in [9.17, 15) is 19.7 Å². The molecular formula is C18H18N2O7. The van der Waals surface area contributed by atoms with Gasteiger partial charge in [-0.25, -0.2) is 4.79 Å². The molecule has 0 aliphatic heterocycles. The van der Waals surface area contributed by atoms with Gasteiger partial charge in [0.2, 0.25) is 0 Å². The molecule has 27 heavy (non-hydrogen) atoms. The summed E-state index contributed by atoms with van der Waals surface area (Å²) in [6.07, 6.45) is 0. The van der Waals surface area contributed by atoms with Crippen LogP contribution in [0.25, 0.3) is 0 Å². The highest BCUT2D eigenvalue weighted by Crippen LogP contribution is 2.17. The Hall–Kier alpha value is -3.62. The van der Waals surface area contributed by atoms with E-state index < -0.39 is 30.0 Å². The third-order valence-electron chi connectivity index (χ3n) is 3.42. The van der Waals surface area contributed by atoms with Crippen molar-refractivity contribution in [2.45, 2.75) is 6.54 Å². The van der Waals surface area contributed by atoms with Gasteiger partial charge in [-0.15, -0.1) is 0 Å². The number of nitro benzene ring substituents is 1. The number of nitrogens with zero attached hydrogens (tertiary/aromatic N) is 1. The first kappa shape index (κ1) is 19.7. The Morgan fingerprint density at radius 1 is 1.00 bits per heavy atom. The maximum atomic E-state index is 11.7. The monoisotopic (exact) mass is 374 g/mol. The highest BCUT2D eigenvalue weighted by Gasteiger charge is 2.10. The van der Waals surface area contributed by atoms with Gasteiger partial charge in [-0.2, -0.15) is 0 Å². The molecule has 9 heteroatoms. The number of nitrogens with one attached hydrogen (secondary N) is 1. The van der Waals surface area contributed by atoms with E-state index in [1.54, 1.807) is 19.2 Å². The molecule has 0 saturated heterocycles. The molecule has 0 fully saturated rings. The van der Waals surface area contributed by atoms with Gasteiger partial charge in [0.25, 0.3) is 11.6 Å². The Bertz CT molecular complexity index is 788. The van der Waals surface area contributed by atoms with Gasteiger partial charge in [-0.05, 0) is 29.8 Å². The fourth-order valence-corrected chi connectivity index (χ4v) is 1.99. The molecule has 0 aliphatic carbocycles. The Labute approximate surface area is 155 Å². The van der Waals surface area contributed by atoms with Crippen LogP contribution in [0.1, 0.15) is 5.56 Å². The zero-order chi connectivity index (χ0) is 19.6. The minimum atomic E-state index is -0.729. The summed E-state index contributed by atoms with van der Waals surface area (Å²) in [4.78, 5) is 33.3. The van der Waals surface area contributed by atoms with Crippen LogP contribution in [-0.4, -0.2) is 37.1 Å². The van der Waals surface area contributed by atoms with Gasteiger partial charge >= 0.3 is 5.97 Å². The molecule has 0 bridgehead atoms. The topological polar surface area (TPSA) is 117 Å². The zero-order valence-corrected chi connectivity index (χ0v) is 14.5. The zero-order valence-electron chi connectivity index (χ0n) is 14.5. The second-order valence-electron chi connectivity index (χ2n) is 5.33. The summed E-state index contributed by atoms with van der Waals surface area (Å²) in [5, 5.41) is 13.2. The number of ether oxygens (including phenoxy) is 3. The van der Waals surface area contributed by atoms with Crippen molar-refractivity contribution in [1.82, 2.24) is 5.32 Å². The molecule has 2 aromatic rings. The van der Waals surface area contributed by atoms with Gasteiger partial charge in [-0.3, -0.25) is 14.9 Å². The first-order valence-corrected chi connectivity index (χ1v) is 7.90. The van der Waals surface area contributed by atoms with Crippen molar-refractivity contribution in [2.75, 3.05) is 20.3 Å². The number of rotatable bonds is 9. The standard InChI is InChI=1S/C18H18N2O7/c1-25-15-6-2-13(3-7-15)10-19-17(21)11-27-18(22)12-26-16-8-4-14(5-9-16)20(23)24/h2-9H,10-12H2,1H3,(H,19,21). The summed E-state index contributed by atoms with van der Waals surface area (Å²) in [5.41, 5.74) is 0.787. The van der Waals surface area contributed by atoms with Crippen molar-refractivity contribution in [1.29, 1.82) is 0 Å². The third kappa shape index (κ3) is 6.65. The molecule has 0 aliphatic rings. The van der Waals surface area contributed by atoms with E-state index in [4.69, 9.17) is 14.2 Å². The van der Waals surface area contributed by atoms with Gasteiger partial charge in [0.1, 0.15) is 11.5 Å². The van der Waals surface area contributed by atoms with Gasteiger partial charge in [0, 0.05) is 18.7 Å². The number of carbonyl (C=O) groups excluding carboxylic acids is 2. The number of carbonyl (C=O) groups is 2. The molecule has 2 rings (SSSR count). The molecule has 9 nitrogen and oxygen atoms in total. The molecule has 2 aromatic carbocycles. The van der Waals surface area contributed by atoms with Crippen molar-refractivity contribution in [3.63, 3.8) is 0 Å². The van der Waals surface area contributed by atoms with Gasteiger partial charge in [-0.1, -0.05) is 12.1 Å². The third-order valence-corrected chi connectivity index (χ3v) is 3.42. The first-order chi connectivity index (χ1) is 13.0. The summed E-state index contributed by atoms with van der Waals surface area (Å²) >= 11 is 0. The second-order valence-corrected chi connectivity index (χ2v) is 5.33. The van der Waals surface area contributed by atoms with Gasteiger partial charge in [0.15, 0.2) is 13.2 Å². The van der Waals surface area contributed by atoms with E-state index in [-0.39, 0.29) is 11.4 Å². The number of hydrogen-bond acceptors (Lipinski definition) is 7. The minimum absolute atomic E-state index is 0.0848. The van der Waals surface area contributed by atoms with Crippen LogP contribution in [0.5, 0.6) is 11.5 Å². The number of non-ortho nitro benzene ring substituents is 1. The predicted molar refractivity (Wildman–Crippen MR) is 94.4 cm³/mol. The highest BCUT2D eigenvalue weighted by molar-refractivity contribution is 5.80. The Morgan fingerprint density at radius 3 is 2.22 bits per heavy atom. The summed E-state index contributed by atoms with van der Waals surface area (Å²) in [6.45, 7) is -0.554. The predicted octanol–water partition coefficient (Wildman–Crippen LogP) is 1.84. The molecule has 0 aromatic heterocycles. The maximum absolute atomic E-state index is 11.7. The smallest absolute Gasteiger partial charge is 0.344 e. The van der Waals surface area contributed by atoms with Gasteiger partial charge in [0.05, 0.1) is 12.0 Å². The minimum Gasteiger partial charge on any atom is -0.497 e. The van der Waals surface area contributed by atoms with Crippen molar-refractivity contribution in [2.24, 2.45) is 0 Å². The van der Waals surface area contributed by atoms with E-state index in [1.807, 2.05) is 12.1 Å². The molecule has 0 spiro atoms. The summed E-state index contributed by atoms with van der Waals surface area (Å²) in [5.74, 6) is -0.184. The molecule has 0 atom stereocenters. The number of nitro groups is 1. The van der Waals surface area contributed by atoms with Crippen LogP contribution in [0.4, 0.5) is 5.69 Å². The number of hydrogen-bond donors (Lipinski definition) is 1. The number of benzene rings is 2. The van der Waals surface area contributed by atoms with Crippen molar-refractivity contribution in [3.05, 3.63) is 64.2 Å². The number of amides is 1. The van der Waals surface area contributed by atoms with Crippen LogP contribution >= 0.6 is 0 Å². The second kappa shape index (κ2) is 9.76. The molecule has 1 amide bonds. The highest BCUT2D eigenvalue weighted by atomic mass is 16.6. The molecular weight excluding hydrogens is 356 g/mol. The lowest BCUT2D eigenvalue weighted by molar-refractivity contribution is -0.384. The summed E-state index contributed by atoms with van der Waals surface area (Å²) < 4.78 is 15.0. The van der Waals surface area contributed by atoms with E-state index in [0.717, 1.165) is 5.56 Å². The lowest BCUT2D eigenvalue weighted by atomic mass is 10.2. The molecule has 142 valence electrons. The van der Waals surface area contributed by atoms with Crippen LogP contribution in [0.15, 0.2) is 48.5 Å². The summed E-state index contributed by atoms with van der Waals surface area (Å²) in [6, 6.07) is 12.4. The molecule has 0 radical (unpaired) electrons. The molecule has 1 N–H and O–H groups in total. The van der Waals surface area contributed by atoms with Crippen LogP contribution in [0.2, 0.25) is 0 Å². The average molecular weight is 374 g/mol. The van der Waals surface area contributed by atoms with E-state index in [1.165, 1.54) is 24.3 Å². The maximum Gasteiger partial charge on any atom is 0.344 e. The molecule has 0 saturated carbocycles. The van der Waals surface area contributed by atoms with Crippen LogP contribution in [0.3, 0.4) is 0 Å². The van der Waals surface area contributed by atoms with Crippen LogP contribution < -0.4 is 14.8 Å². The largest absolute Gasteiger partial charge is 0.497 e. The Morgan fingerprint density at radius 2 is 1.63 bits per heavy atom. The quantitative estimate of drug-likeness (QED) is 0.404. The Balaban J connectivity index is 1.66. The van der Waals surface area contributed by atoms with E-state index in [0.29, 0.717) is 12.3 Å². The lowest BCUT2D eigenvalue weighted by Gasteiger charge is -2.08. The van der Waals surface area contributed by atoms with Crippen molar-refractivity contribution in [3.8, 4) is 11.5 Å². The Kier molecular flexibility index (Phi) is 7.12. The molecule has 0 heterocycles. The fourth-order valence-electron chi connectivity index (χ4n) is 1.99. The van der Waals surface area contributed by atoms with Crippen LogP contribution in [-0.2, 0) is 20.9 Å². The van der Waals surface area contributed by atoms with E-state index in [2.05, 4.69) is 5.32 Å². The number of methoxy groups -OCH3 is 1. The lowest BCUT2D eigenvalue weighted by Crippen LogP contribution is -2.29. The fraction of sp³-hybridized carbons (Fsp3) is 0.222. The van der Waals surface area contributed by atoms with E-state index >= 15 is 0 Å². The van der Waals surface area contributed by atoms with Crippen molar-refractivity contribution >= 4 is 17.6 Å². The van der Waals surface area contributed by atoms with Crippen molar-refractivity contribution < 1.29 is 28.7 Å². The SMILES string of the molecule is COc1ccc(CNC(=O)COC(=O)COc2ccc([N+](=O)[O-])cc2)cc1. The average Bonchev–Trinajstić information content (AvgIpc) is 2.69. The number of esters is 1. The van der Waals surface area contributed by atoms with Crippen LogP contribution in [0, 0.1) is 10.1 Å². The first-order valence-electron chi connectivity index (χ1n) is 7.90. The van der Waals surface area contributed by atoms with Gasteiger partial charge < -0.3 is 19.5 Å². The summed E-state index contributed by atoms with van der Waals surface area (Å²) in [7, 11) is 1.57.